The topological polar surface area (TPSA) is 176 Å². The number of amides is 1. The second kappa shape index (κ2) is 10.3. The average Bonchev–Trinajstić information content (AvgIpc) is 2.81. The van der Waals surface area contributed by atoms with E-state index in [1.807, 2.05) is 0 Å². The number of alkyl halides is 2. The van der Waals surface area contributed by atoms with Crippen molar-refractivity contribution >= 4 is 29.0 Å². The van der Waals surface area contributed by atoms with Gasteiger partial charge in [0.15, 0.2) is 23.0 Å². The summed E-state index contributed by atoms with van der Waals surface area (Å²) in [4.78, 5) is 33.9. The van der Waals surface area contributed by atoms with Crippen LogP contribution in [0.5, 0.6) is 23.0 Å². The van der Waals surface area contributed by atoms with Crippen molar-refractivity contribution < 1.29 is 42.4 Å². The highest BCUT2D eigenvalue weighted by Crippen LogP contribution is 2.40. The van der Waals surface area contributed by atoms with Crippen molar-refractivity contribution in [3.63, 3.8) is 0 Å². The summed E-state index contributed by atoms with van der Waals surface area (Å²) in [6, 6.07) is 5.29. The zero-order valence-electron chi connectivity index (χ0n) is 17.7. The Morgan fingerprint density at radius 2 is 1.74 bits per heavy atom. The summed E-state index contributed by atoms with van der Waals surface area (Å²) in [7, 11) is 1.09. The number of nitro benzene ring substituents is 2. The fourth-order valence-electron chi connectivity index (χ4n) is 3.01. The minimum atomic E-state index is -3.30. The van der Waals surface area contributed by atoms with Crippen LogP contribution in [0.25, 0.3) is 6.08 Å². The Bertz CT molecular complexity index is 1270. The van der Waals surface area contributed by atoms with Gasteiger partial charge in [-0.2, -0.15) is 14.0 Å². The summed E-state index contributed by atoms with van der Waals surface area (Å²) in [5.41, 5.74) is -2.69. The van der Waals surface area contributed by atoms with E-state index in [0.717, 1.165) is 31.4 Å². The van der Waals surface area contributed by atoms with E-state index in [0.29, 0.717) is 6.07 Å². The van der Waals surface area contributed by atoms with Crippen LogP contribution in [0.4, 0.5) is 25.8 Å². The number of anilines is 1. The number of methoxy groups -OCH3 is 1. The van der Waals surface area contributed by atoms with Crippen LogP contribution in [-0.2, 0) is 4.79 Å². The molecule has 15 heteroatoms. The lowest BCUT2D eigenvalue weighted by atomic mass is 10.1. The predicted molar refractivity (Wildman–Crippen MR) is 113 cm³/mol. The van der Waals surface area contributed by atoms with Crippen molar-refractivity contribution in [2.24, 2.45) is 0 Å². The van der Waals surface area contributed by atoms with Gasteiger partial charge in [-0.25, -0.2) is 0 Å². The summed E-state index contributed by atoms with van der Waals surface area (Å²) >= 11 is 0. The van der Waals surface area contributed by atoms with Gasteiger partial charge < -0.3 is 24.3 Å². The first-order valence-corrected chi connectivity index (χ1v) is 9.47. The average molecular weight is 492 g/mol. The van der Waals surface area contributed by atoms with Crippen LogP contribution in [0.3, 0.4) is 0 Å². The number of rotatable bonds is 8. The van der Waals surface area contributed by atoms with Crippen LogP contribution in [0.15, 0.2) is 29.8 Å². The third kappa shape index (κ3) is 5.50. The molecule has 3 rings (SSSR count). The van der Waals surface area contributed by atoms with Gasteiger partial charge in [0, 0.05) is 6.07 Å². The maximum Gasteiger partial charge on any atom is 0.387 e. The smallest absolute Gasteiger partial charge is 0.387 e. The van der Waals surface area contributed by atoms with E-state index >= 15 is 0 Å². The number of nitrogens with one attached hydrogen (secondary N) is 1. The molecule has 1 N–H and O–H groups in total. The predicted octanol–water partition coefficient (Wildman–Crippen LogP) is 3.43. The Morgan fingerprint density at radius 3 is 2.29 bits per heavy atom. The minimum absolute atomic E-state index is 0.0887. The zero-order valence-corrected chi connectivity index (χ0v) is 17.7. The number of benzene rings is 2. The summed E-state index contributed by atoms with van der Waals surface area (Å²) in [6.45, 7) is -2.97. The SMILES string of the molecule is COc1cc(/C=C(\C#N)C(=O)Nc2cc3c(cc2[N+](=O)[O-])OCCO3)c([N+](=O)[O-])cc1OC(F)F. The lowest BCUT2D eigenvalue weighted by Crippen LogP contribution is -2.18. The summed E-state index contributed by atoms with van der Waals surface area (Å²) in [5, 5.41) is 34.5. The third-order valence-electron chi connectivity index (χ3n) is 4.50. The largest absolute Gasteiger partial charge is 0.493 e. The Morgan fingerprint density at radius 1 is 1.11 bits per heavy atom. The molecule has 35 heavy (non-hydrogen) atoms. The lowest BCUT2D eigenvalue weighted by Gasteiger charge is -2.19. The summed E-state index contributed by atoms with van der Waals surface area (Å²) < 4.78 is 45.0. The fourth-order valence-corrected chi connectivity index (χ4v) is 3.01. The Balaban J connectivity index is 2.02. The van der Waals surface area contributed by atoms with Crippen LogP contribution in [0.2, 0.25) is 0 Å². The molecule has 0 saturated heterocycles. The molecule has 13 nitrogen and oxygen atoms in total. The first-order valence-electron chi connectivity index (χ1n) is 9.47. The van der Waals surface area contributed by atoms with Crippen molar-refractivity contribution in [2.45, 2.75) is 6.61 Å². The maximum atomic E-state index is 12.7. The van der Waals surface area contributed by atoms with Crippen molar-refractivity contribution in [1.82, 2.24) is 0 Å². The van der Waals surface area contributed by atoms with Crippen LogP contribution >= 0.6 is 0 Å². The number of nitriles is 1. The lowest BCUT2D eigenvalue weighted by molar-refractivity contribution is -0.385. The monoisotopic (exact) mass is 492 g/mol. The van der Waals surface area contributed by atoms with Crippen LogP contribution in [0.1, 0.15) is 5.56 Å². The molecule has 182 valence electrons. The van der Waals surface area contributed by atoms with Gasteiger partial charge in [0.2, 0.25) is 0 Å². The van der Waals surface area contributed by atoms with E-state index in [1.165, 1.54) is 0 Å². The van der Waals surface area contributed by atoms with E-state index in [2.05, 4.69) is 10.1 Å². The van der Waals surface area contributed by atoms with Crippen LogP contribution < -0.4 is 24.3 Å². The second-order valence-corrected chi connectivity index (χ2v) is 6.59. The van der Waals surface area contributed by atoms with Crippen molar-refractivity contribution in [3.8, 4) is 29.1 Å². The van der Waals surface area contributed by atoms with Gasteiger partial charge in [-0.3, -0.25) is 25.0 Å². The number of hydrogen-bond donors (Lipinski definition) is 1. The molecule has 0 atom stereocenters. The van der Waals surface area contributed by atoms with Crippen LogP contribution in [0, 0.1) is 31.6 Å². The number of ether oxygens (including phenoxy) is 4. The highest BCUT2D eigenvalue weighted by molar-refractivity contribution is 6.11. The summed E-state index contributed by atoms with van der Waals surface area (Å²) in [6.07, 6.45) is 0.798. The van der Waals surface area contributed by atoms with Gasteiger partial charge in [0.25, 0.3) is 17.3 Å². The molecule has 0 radical (unpaired) electrons. The molecule has 1 aliphatic heterocycles. The van der Waals surface area contributed by atoms with E-state index < -0.39 is 45.1 Å². The number of nitro groups is 2. The maximum absolute atomic E-state index is 12.7. The number of hydrogen-bond acceptors (Lipinski definition) is 10. The van der Waals surface area contributed by atoms with Crippen LogP contribution in [-0.4, -0.2) is 42.7 Å². The first kappa shape index (κ1) is 24.6. The Hall–Kier alpha value is -5.00. The van der Waals surface area contributed by atoms with Gasteiger partial charge in [-0.1, -0.05) is 0 Å². The molecule has 0 unspecified atom stereocenters. The number of carbonyl (C=O) groups excluding carboxylic acids is 1. The molecule has 2 aromatic rings. The quantitative estimate of drug-likeness (QED) is 0.249. The first-order chi connectivity index (χ1) is 16.6. The standard InChI is InChI=1S/C20H14F2N4O9/c1-32-15-5-10(13(25(28)29)7-18(15)35-20(21)22)4-11(9-23)19(27)24-12-6-16-17(34-3-2-33-16)8-14(12)26(30)31/h4-8,20H,2-3H2,1H3,(H,24,27)/b11-4+. The molecule has 1 heterocycles. The molecule has 0 bridgehead atoms. The van der Waals surface area contributed by atoms with Gasteiger partial charge in [-0.15, -0.1) is 0 Å². The molecule has 0 fully saturated rings. The number of carbonyl (C=O) groups is 1. The molecule has 0 aliphatic carbocycles. The zero-order chi connectivity index (χ0) is 25.7. The fraction of sp³-hybridized carbons (Fsp3) is 0.200. The minimum Gasteiger partial charge on any atom is -0.493 e. The second-order valence-electron chi connectivity index (χ2n) is 6.59. The highest BCUT2D eigenvalue weighted by Gasteiger charge is 2.26. The number of fused-ring (bicyclic) bond motifs is 1. The number of halogens is 2. The molecular formula is C20H14F2N4O9. The number of nitrogens with zero attached hydrogens (tertiary/aromatic N) is 3. The van der Waals surface area contributed by atoms with Gasteiger partial charge in [-0.05, 0) is 12.1 Å². The van der Waals surface area contributed by atoms with E-state index in [9.17, 15) is 39.1 Å². The molecule has 2 aromatic carbocycles. The van der Waals surface area contributed by atoms with E-state index in [-0.39, 0.29) is 41.7 Å². The molecule has 0 spiro atoms. The van der Waals surface area contributed by atoms with Gasteiger partial charge in [0.1, 0.15) is 30.5 Å². The van der Waals surface area contributed by atoms with Crippen molar-refractivity contribution in [3.05, 3.63) is 55.6 Å². The summed E-state index contributed by atoms with van der Waals surface area (Å²) in [5.74, 6) is -1.91. The van der Waals surface area contributed by atoms with E-state index in [4.69, 9.17) is 14.2 Å². The highest BCUT2D eigenvalue weighted by atomic mass is 19.3. The molecule has 1 aliphatic rings. The van der Waals surface area contributed by atoms with Gasteiger partial charge in [0.05, 0.1) is 34.7 Å². The van der Waals surface area contributed by atoms with Crippen molar-refractivity contribution in [2.75, 3.05) is 25.6 Å². The molecule has 0 aromatic heterocycles. The third-order valence-corrected chi connectivity index (χ3v) is 4.50. The van der Waals surface area contributed by atoms with Crippen molar-refractivity contribution in [1.29, 1.82) is 5.26 Å². The van der Waals surface area contributed by atoms with E-state index in [1.54, 1.807) is 6.07 Å². The molecule has 0 saturated carbocycles. The Labute approximate surface area is 194 Å². The normalized spacial score (nSPS) is 12.5. The van der Waals surface area contributed by atoms with Gasteiger partial charge >= 0.3 is 6.61 Å². The Kier molecular flexibility index (Phi) is 7.25. The molecule has 1 amide bonds. The molecular weight excluding hydrogens is 478 g/mol.